The van der Waals surface area contributed by atoms with E-state index < -0.39 is 0 Å². The Balaban J connectivity index is 1.75. The van der Waals surface area contributed by atoms with Gasteiger partial charge in [0, 0.05) is 12.1 Å². The number of carbonyl (C=O) groups is 1. The van der Waals surface area contributed by atoms with Gasteiger partial charge in [0.2, 0.25) is 5.91 Å². The van der Waals surface area contributed by atoms with Crippen molar-refractivity contribution < 1.29 is 4.79 Å². The molecular weight excluding hydrogens is 246 g/mol. The third kappa shape index (κ3) is 2.90. The summed E-state index contributed by atoms with van der Waals surface area (Å²) < 4.78 is 0. The highest BCUT2D eigenvalue weighted by molar-refractivity contribution is 5.96. The summed E-state index contributed by atoms with van der Waals surface area (Å²) in [5, 5.41) is 5.45. The summed E-state index contributed by atoms with van der Waals surface area (Å²) in [4.78, 5) is 11.9. The third-order valence-corrected chi connectivity index (χ3v) is 3.94. The number of carbonyl (C=O) groups excluding carboxylic acids is 1. The van der Waals surface area contributed by atoms with Crippen LogP contribution < -0.4 is 5.32 Å². The van der Waals surface area contributed by atoms with E-state index in [2.05, 4.69) is 23.5 Å². The minimum absolute atomic E-state index is 0.0184. The molecule has 1 aliphatic carbocycles. The summed E-state index contributed by atoms with van der Waals surface area (Å²) >= 11 is 0. The second-order valence-electron chi connectivity index (χ2n) is 5.39. The van der Waals surface area contributed by atoms with E-state index in [1.54, 1.807) is 6.08 Å². The largest absolute Gasteiger partial charge is 0.350 e. The molecule has 0 bridgehead atoms. The molecule has 102 valence electrons. The Bertz CT molecular complexity index is 633. The molecule has 1 saturated carbocycles. The highest BCUT2D eigenvalue weighted by atomic mass is 16.1. The van der Waals surface area contributed by atoms with Crippen LogP contribution in [0, 0.1) is 0 Å². The quantitative estimate of drug-likeness (QED) is 0.837. The van der Waals surface area contributed by atoms with E-state index in [1.807, 2.05) is 30.3 Å². The Morgan fingerprint density at radius 1 is 1.05 bits per heavy atom. The molecule has 2 aromatic carbocycles. The van der Waals surface area contributed by atoms with Gasteiger partial charge in [-0.25, -0.2) is 0 Å². The summed E-state index contributed by atoms with van der Waals surface area (Å²) in [6.07, 6.45) is 8.27. The first kappa shape index (κ1) is 12.9. The van der Waals surface area contributed by atoms with Crippen LogP contribution in [0.4, 0.5) is 0 Å². The lowest BCUT2D eigenvalue weighted by atomic mass is 10.0. The smallest absolute Gasteiger partial charge is 0.244 e. The van der Waals surface area contributed by atoms with Gasteiger partial charge in [-0.15, -0.1) is 0 Å². The fourth-order valence-corrected chi connectivity index (χ4v) is 2.88. The van der Waals surface area contributed by atoms with Crippen molar-refractivity contribution in [3.63, 3.8) is 0 Å². The fourth-order valence-electron chi connectivity index (χ4n) is 2.88. The van der Waals surface area contributed by atoms with Crippen molar-refractivity contribution in [2.24, 2.45) is 0 Å². The zero-order valence-corrected chi connectivity index (χ0v) is 11.5. The van der Waals surface area contributed by atoms with Crippen LogP contribution in [0.1, 0.15) is 31.2 Å². The van der Waals surface area contributed by atoms with Crippen molar-refractivity contribution in [2.75, 3.05) is 0 Å². The third-order valence-electron chi connectivity index (χ3n) is 3.94. The van der Waals surface area contributed by atoms with Crippen molar-refractivity contribution in [1.82, 2.24) is 5.32 Å². The molecule has 0 aromatic heterocycles. The maximum absolute atomic E-state index is 11.9. The van der Waals surface area contributed by atoms with Gasteiger partial charge in [-0.05, 0) is 35.3 Å². The molecule has 0 unspecified atom stereocenters. The van der Waals surface area contributed by atoms with E-state index in [0.717, 1.165) is 18.4 Å². The van der Waals surface area contributed by atoms with Crippen molar-refractivity contribution in [3.8, 4) is 0 Å². The van der Waals surface area contributed by atoms with E-state index in [-0.39, 0.29) is 5.91 Å². The molecule has 1 amide bonds. The molecular formula is C18H19NO. The number of amides is 1. The van der Waals surface area contributed by atoms with Crippen LogP contribution in [0.5, 0.6) is 0 Å². The van der Waals surface area contributed by atoms with Gasteiger partial charge in [0.1, 0.15) is 0 Å². The minimum atomic E-state index is 0.0184. The van der Waals surface area contributed by atoms with Gasteiger partial charge in [0.15, 0.2) is 0 Å². The van der Waals surface area contributed by atoms with Crippen LogP contribution >= 0.6 is 0 Å². The van der Waals surface area contributed by atoms with E-state index >= 15 is 0 Å². The van der Waals surface area contributed by atoms with Crippen LogP contribution in [-0.4, -0.2) is 11.9 Å². The number of rotatable bonds is 3. The highest BCUT2D eigenvalue weighted by Gasteiger charge is 2.15. The van der Waals surface area contributed by atoms with Crippen LogP contribution in [0.2, 0.25) is 0 Å². The zero-order valence-electron chi connectivity index (χ0n) is 11.5. The summed E-state index contributed by atoms with van der Waals surface area (Å²) in [5.74, 6) is 0.0184. The lowest BCUT2D eigenvalue weighted by Gasteiger charge is -2.09. The molecule has 0 heterocycles. The van der Waals surface area contributed by atoms with E-state index in [4.69, 9.17) is 0 Å². The number of nitrogens with one attached hydrogen (secondary N) is 1. The molecule has 20 heavy (non-hydrogen) atoms. The second kappa shape index (κ2) is 5.91. The van der Waals surface area contributed by atoms with Crippen LogP contribution in [0.15, 0.2) is 48.5 Å². The van der Waals surface area contributed by atoms with Crippen molar-refractivity contribution in [1.29, 1.82) is 0 Å². The maximum Gasteiger partial charge on any atom is 0.244 e. The lowest BCUT2D eigenvalue weighted by Crippen LogP contribution is -2.30. The van der Waals surface area contributed by atoms with Gasteiger partial charge in [-0.2, -0.15) is 0 Å². The molecule has 1 fully saturated rings. The molecule has 2 heteroatoms. The van der Waals surface area contributed by atoms with Gasteiger partial charge >= 0.3 is 0 Å². The first-order valence-corrected chi connectivity index (χ1v) is 7.29. The van der Waals surface area contributed by atoms with Crippen molar-refractivity contribution >= 4 is 22.8 Å². The molecule has 2 aromatic rings. The monoisotopic (exact) mass is 265 g/mol. The predicted molar refractivity (Wildman–Crippen MR) is 83.4 cm³/mol. The first-order chi connectivity index (χ1) is 9.83. The Morgan fingerprint density at radius 2 is 1.80 bits per heavy atom. The molecule has 1 aliphatic rings. The molecule has 0 saturated heterocycles. The molecule has 0 radical (unpaired) electrons. The zero-order chi connectivity index (χ0) is 13.8. The molecule has 0 aliphatic heterocycles. The van der Waals surface area contributed by atoms with Crippen LogP contribution in [-0.2, 0) is 4.79 Å². The Labute approximate surface area is 119 Å². The standard InChI is InChI=1S/C18H19NO/c20-18(19-16-9-2-3-10-16)13-12-15-8-5-7-14-6-1-4-11-17(14)15/h1,4-8,11-13,16H,2-3,9-10H2,(H,19,20). The normalized spacial score (nSPS) is 16.0. The van der Waals surface area contributed by atoms with Crippen LogP contribution in [0.25, 0.3) is 16.8 Å². The van der Waals surface area contributed by atoms with E-state index in [0.29, 0.717) is 6.04 Å². The van der Waals surface area contributed by atoms with Gasteiger partial charge in [-0.1, -0.05) is 55.3 Å². The van der Waals surface area contributed by atoms with Crippen molar-refractivity contribution in [3.05, 3.63) is 54.1 Å². The van der Waals surface area contributed by atoms with E-state index in [1.165, 1.54) is 23.6 Å². The Kier molecular flexibility index (Phi) is 3.82. The number of hydrogen-bond acceptors (Lipinski definition) is 1. The fraction of sp³-hybridized carbons (Fsp3) is 0.278. The highest BCUT2D eigenvalue weighted by Crippen LogP contribution is 2.20. The number of fused-ring (bicyclic) bond motifs is 1. The predicted octanol–water partition coefficient (Wildman–Crippen LogP) is 3.91. The maximum atomic E-state index is 11.9. The molecule has 2 nitrogen and oxygen atoms in total. The molecule has 1 N–H and O–H groups in total. The minimum Gasteiger partial charge on any atom is -0.350 e. The molecule has 3 rings (SSSR count). The molecule has 0 atom stereocenters. The second-order valence-corrected chi connectivity index (χ2v) is 5.39. The Morgan fingerprint density at radius 3 is 2.65 bits per heavy atom. The van der Waals surface area contributed by atoms with E-state index in [9.17, 15) is 4.79 Å². The summed E-state index contributed by atoms with van der Waals surface area (Å²) in [6.45, 7) is 0. The van der Waals surface area contributed by atoms with Gasteiger partial charge in [0.05, 0.1) is 0 Å². The SMILES string of the molecule is O=C(C=Cc1cccc2ccccc12)NC1CCCC1. The summed E-state index contributed by atoms with van der Waals surface area (Å²) in [5.41, 5.74) is 1.09. The molecule has 0 spiro atoms. The van der Waals surface area contributed by atoms with Crippen LogP contribution in [0.3, 0.4) is 0 Å². The van der Waals surface area contributed by atoms with Crippen molar-refractivity contribution in [2.45, 2.75) is 31.7 Å². The lowest BCUT2D eigenvalue weighted by molar-refractivity contribution is -0.117. The first-order valence-electron chi connectivity index (χ1n) is 7.29. The number of benzene rings is 2. The Hall–Kier alpha value is -2.09. The summed E-state index contributed by atoms with van der Waals surface area (Å²) in [7, 11) is 0. The average Bonchev–Trinajstić information content (AvgIpc) is 2.98. The average molecular weight is 265 g/mol. The van der Waals surface area contributed by atoms with Gasteiger partial charge in [-0.3, -0.25) is 4.79 Å². The topological polar surface area (TPSA) is 29.1 Å². The van der Waals surface area contributed by atoms with Gasteiger partial charge in [0.25, 0.3) is 0 Å². The number of hydrogen-bond donors (Lipinski definition) is 1. The van der Waals surface area contributed by atoms with Gasteiger partial charge < -0.3 is 5.32 Å². The summed E-state index contributed by atoms with van der Waals surface area (Å²) in [6, 6.07) is 14.8.